The molecule has 1 aliphatic rings. The number of benzene rings is 3. The number of para-hydroxylation sites is 2. The lowest BCUT2D eigenvalue weighted by atomic mass is 9.89. The van der Waals surface area contributed by atoms with Crippen LogP contribution in [0.1, 0.15) is 46.0 Å². The molecule has 3 N–H and O–H groups in total. The average molecular weight is 561 g/mol. The van der Waals surface area contributed by atoms with Gasteiger partial charge in [0.25, 0.3) is 5.91 Å². The minimum atomic E-state index is -0.591. The zero-order valence-electron chi connectivity index (χ0n) is 23.5. The van der Waals surface area contributed by atoms with E-state index in [1.807, 2.05) is 36.4 Å². The van der Waals surface area contributed by atoms with Gasteiger partial charge in [0, 0.05) is 36.7 Å². The standard InChI is InChI=1S/C32H37FN4O4/c1-22(34)31(39)35-21-23-7-9-26(10-8-23)32(40)37(28-5-3-4-6-29(28)41-2)20-19-36-17-15-25(16-18-36)30(38)24-11-13-27(33)14-12-24/h3-14,22,25H,15-21,34H2,1-2H3,(H,35,39). The fourth-order valence-corrected chi connectivity index (χ4v) is 4.97. The number of halogens is 1. The first-order chi connectivity index (χ1) is 19.8. The second-order valence-electron chi connectivity index (χ2n) is 10.3. The van der Waals surface area contributed by atoms with Crippen molar-refractivity contribution in [3.63, 3.8) is 0 Å². The molecule has 1 saturated heterocycles. The van der Waals surface area contributed by atoms with Gasteiger partial charge in [-0.3, -0.25) is 14.4 Å². The van der Waals surface area contributed by atoms with Crippen LogP contribution in [-0.4, -0.2) is 61.8 Å². The Kier molecular flexibility index (Phi) is 10.2. The van der Waals surface area contributed by atoms with E-state index in [-0.39, 0.29) is 29.3 Å². The highest BCUT2D eigenvalue weighted by Crippen LogP contribution is 2.29. The number of Topliss-reactive ketones (excluding diaryl/α,β-unsaturated/α-hetero) is 1. The quantitative estimate of drug-likeness (QED) is 0.343. The van der Waals surface area contributed by atoms with Gasteiger partial charge in [-0.1, -0.05) is 24.3 Å². The van der Waals surface area contributed by atoms with Crippen molar-refractivity contribution in [1.29, 1.82) is 0 Å². The number of hydrogen-bond donors (Lipinski definition) is 2. The lowest BCUT2D eigenvalue weighted by molar-refractivity contribution is -0.122. The van der Waals surface area contributed by atoms with Gasteiger partial charge in [0.2, 0.25) is 5.91 Å². The van der Waals surface area contributed by atoms with Crippen molar-refractivity contribution >= 4 is 23.3 Å². The monoisotopic (exact) mass is 560 g/mol. The number of nitrogens with one attached hydrogen (secondary N) is 1. The molecule has 3 aromatic carbocycles. The van der Waals surface area contributed by atoms with E-state index >= 15 is 0 Å². The number of hydrogen-bond acceptors (Lipinski definition) is 6. The van der Waals surface area contributed by atoms with Crippen LogP contribution < -0.4 is 20.7 Å². The second-order valence-corrected chi connectivity index (χ2v) is 10.3. The largest absolute Gasteiger partial charge is 0.495 e. The predicted octanol–water partition coefficient (Wildman–Crippen LogP) is 4.04. The number of amides is 2. The summed E-state index contributed by atoms with van der Waals surface area (Å²) < 4.78 is 18.8. The number of carbonyl (C=O) groups is 3. The van der Waals surface area contributed by atoms with Gasteiger partial charge in [-0.25, -0.2) is 4.39 Å². The predicted molar refractivity (Wildman–Crippen MR) is 157 cm³/mol. The van der Waals surface area contributed by atoms with Crippen LogP contribution >= 0.6 is 0 Å². The highest BCUT2D eigenvalue weighted by atomic mass is 19.1. The molecule has 0 aliphatic carbocycles. The van der Waals surface area contributed by atoms with Crippen molar-refractivity contribution in [2.45, 2.75) is 32.4 Å². The second kappa shape index (κ2) is 14.0. The molecule has 0 bridgehead atoms. The highest BCUT2D eigenvalue weighted by Gasteiger charge is 2.27. The fourth-order valence-electron chi connectivity index (χ4n) is 4.97. The summed E-state index contributed by atoms with van der Waals surface area (Å²) in [5.41, 5.74) is 8.20. The molecule has 2 amide bonds. The topological polar surface area (TPSA) is 105 Å². The Hall–Kier alpha value is -4.08. The maximum absolute atomic E-state index is 13.8. The Labute approximate surface area is 240 Å². The zero-order valence-corrected chi connectivity index (χ0v) is 23.5. The molecular weight excluding hydrogens is 523 g/mol. The number of nitrogens with two attached hydrogens (primary N) is 1. The molecule has 216 valence electrons. The molecular formula is C32H37FN4O4. The van der Waals surface area contributed by atoms with E-state index in [4.69, 9.17) is 10.5 Å². The maximum atomic E-state index is 13.8. The molecule has 1 fully saturated rings. The lowest BCUT2D eigenvalue weighted by Crippen LogP contribution is -2.43. The summed E-state index contributed by atoms with van der Waals surface area (Å²) in [5.74, 6) is -0.207. The van der Waals surface area contributed by atoms with E-state index in [0.29, 0.717) is 55.0 Å². The number of anilines is 1. The van der Waals surface area contributed by atoms with Crippen molar-refractivity contribution in [3.05, 3.63) is 95.3 Å². The Morgan fingerprint density at radius 3 is 2.27 bits per heavy atom. The van der Waals surface area contributed by atoms with Gasteiger partial charge in [0.1, 0.15) is 11.6 Å². The van der Waals surface area contributed by atoms with Crippen molar-refractivity contribution in [2.75, 3.05) is 38.2 Å². The molecule has 1 unspecified atom stereocenters. The molecule has 1 atom stereocenters. The molecule has 0 aromatic heterocycles. The summed E-state index contributed by atoms with van der Waals surface area (Å²) in [4.78, 5) is 42.4. The van der Waals surface area contributed by atoms with Crippen LogP contribution in [0, 0.1) is 11.7 Å². The zero-order chi connectivity index (χ0) is 29.4. The first-order valence-corrected chi connectivity index (χ1v) is 13.9. The van der Waals surface area contributed by atoms with Crippen LogP contribution in [-0.2, 0) is 11.3 Å². The molecule has 1 aliphatic heterocycles. The van der Waals surface area contributed by atoms with Crippen LogP contribution in [0.3, 0.4) is 0 Å². The minimum absolute atomic E-state index is 0.0519. The molecule has 1 heterocycles. The summed E-state index contributed by atoms with van der Waals surface area (Å²) in [7, 11) is 1.58. The molecule has 9 heteroatoms. The number of piperidine rings is 1. The van der Waals surface area contributed by atoms with Gasteiger partial charge < -0.3 is 25.6 Å². The summed E-state index contributed by atoms with van der Waals surface area (Å²) in [5, 5.41) is 2.77. The van der Waals surface area contributed by atoms with E-state index in [9.17, 15) is 18.8 Å². The third-order valence-electron chi connectivity index (χ3n) is 7.43. The van der Waals surface area contributed by atoms with Crippen molar-refractivity contribution in [3.8, 4) is 5.75 Å². The number of methoxy groups -OCH3 is 1. The number of likely N-dealkylation sites (tertiary alicyclic amines) is 1. The SMILES string of the molecule is COc1ccccc1N(CCN1CCC(C(=O)c2ccc(F)cc2)CC1)C(=O)c1ccc(CNC(=O)C(C)N)cc1. The third kappa shape index (κ3) is 7.77. The van der Waals surface area contributed by atoms with Crippen LogP contribution in [0.4, 0.5) is 10.1 Å². The number of carbonyl (C=O) groups excluding carboxylic acids is 3. The normalized spacial score (nSPS) is 14.7. The van der Waals surface area contributed by atoms with E-state index < -0.39 is 6.04 Å². The Morgan fingerprint density at radius 1 is 1.00 bits per heavy atom. The van der Waals surface area contributed by atoms with Crippen LogP contribution in [0.2, 0.25) is 0 Å². The molecule has 8 nitrogen and oxygen atoms in total. The van der Waals surface area contributed by atoms with Gasteiger partial charge in [-0.2, -0.15) is 0 Å². The summed E-state index contributed by atoms with van der Waals surface area (Å²) in [6.45, 7) is 4.47. The number of nitrogens with zero attached hydrogens (tertiary/aromatic N) is 2. The van der Waals surface area contributed by atoms with Crippen LogP contribution in [0.15, 0.2) is 72.8 Å². The molecule has 3 aromatic rings. The van der Waals surface area contributed by atoms with Gasteiger partial charge in [-0.05, 0) is 86.9 Å². The lowest BCUT2D eigenvalue weighted by Gasteiger charge is -2.33. The summed E-state index contributed by atoms with van der Waals surface area (Å²) in [6, 6.07) is 19.7. The van der Waals surface area contributed by atoms with Gasteiger partial charge in [-0.15, -0.1) is 0 Å². The van der Waals surface area contributed by atoms with Crippen molar-refractivity contribution in [2.24, 2.45) is 11.7 Å². The Morgan fingerprint density at radius 2 is 1.63 bits per heavy atom. The van der Waals surface area contributed by atoms with Gasteiger partial charge >= 0.3 is 0 Å². The molecule has 0 radical (unpaired) electrons. The third-order valence-corrected chi connectivity index (χ3v) is 7.43. The maximum Gasteiger partial charge on any atom is 0.258 e. The first-order valence-electron chi connectivity index (χ1n) is 13.9. The smallest absolute Gasteiger partial charge is 0.258 e. The van der Waals surface area contributed by atoms with E-state index in [2.05, 4.69) is 10.2 Å². The Bertz CT molecular complexity index is 1340. The highest BCUT2D eigenvalue weighted by molar-refractivity contribution is 6.07. The van der Waals surface area contributed by atoms with Crippen LogP contribution in [0.25, 0.3) is 0 Å². The average Bonchev–Trinajstić information content (AvgIpc) is 3.00. The van der Waals surface area contributed by atoms with E-state index in [1.165, 1.54) is 12.1 Å². The summed E-state index contributed by atoms with van der Waals surface area (Å²) in [6.07, 6.45) is 1.42. The van der Waals surface area contributed by atoms with Crippen LogP contribution in [0.5, 0.6) is 5.75 Å². The molecule has 41 heavy (non-hydrogen) atoms. The number of ketones is 1. The Balaban J connectivity index is 1.41. The van der Waals surface area contributed by atoms with Crippen molar-refractivity contribution in [1.82, 2.24) is 10.2 Å². The molecule has 4 rings (SSSR count). The van der Waals surface area contributed by atoms with Gasteiger partial charge in [0.05, 0.1) is 18.8 Å². The summed E-state index contributed by atoms with van der Waals surface area (Å²) >= 11 is 0. The molecule has 0 spiro atoms. The van der Waals surface area contributed by atoms with Crippen molar-refractivity contribution < 1.29 is 23.5 Å². The molecule has 0 saturated carbocycles. The van der Waals surface area contributed by atoms with Gasteiger partial charge in [0.15, 0.2) is 5.78 Å². The number of rotatable bonds is 11. The van der Waals surface area contributed by atoms with E-state index in [1.54, 1.807) is 43.2 Å². The fraction of sp³-hybridized carbons (Fsp3) is 0.344. The van der Waals surface area contributed by atoms with E-state index in [0.717, 1.165) is 18.7 Å². The minimum Gasteiger partial charge on any atom is -0.495 e. The first kappa shape index (κ1) is 29.9. The number of ether oxygens (including phenoxy) is 1.